The van der Waals surface area contributed by atoms with Crippen molar-refractivity contribution in [2.24, 2.45) is 0 Å². The molecule has 1 aliphatic heterocycles. The Kier molecular flexibility index (Phi) is 7.21. The zero-order chi connectivity index (χ0) is 24.9. The van der Waals surface area contributed by atoms with Gasteiger partial charge in [0, 0.05) is 62.8 Å². The van der Waals surface area contributed by atoms with E-state index in [0.717, 1.165) is 45.2 Å². The van der Waals surface area contributed by atoms with E-state index in [1.165, 1.54) is 5.71 Å². The van der Waals surface area contributed by atoms with Gasteiger partial charge in [-0.3, -0.25) is 0 Å². The minimum Gasteiger partial charge on any atom is -0.456 e. The Morgan fingerprint density at radius 2 is 1.03 bits per heavy atom. The Morgan fingerprint density at radius 1 is 0.600 bits per heavy atom. The van der Waals surface area contributed by atoms with Crippen molar-refractivity contribution in [3.8, 4) is 0 Å². The Hall–Kier alpha value is -4.05. The standard InChI is InChI=1S/C31H34N3O/c1-32(2)27-15-9-23(10-16-27)7-8-24-21-30(25-11-17-28(18-12-25)33(3)4)35-31(22-24)26-13-19-29(20-14-26)34(5)6/h7-22H,1-6H3/q+1. The summed E-state index contributed by atoms with van der Waals surface area (Å²) in [5, 5.41) is 0. The van der Waals surface area contributed by atoms with Crippen LogP contribution in [0.25, 0.3) is 11.5 Å². The van der Waals surface area contributed by atoms with Crippen molar-refractivity contribution in [3.05, 3.63) is 119 Å². The Bertz CT molecular complexity index is 1200. The molecule has 2 aromatic carbocycles. The van der Waals surface area contributed by atoms with Crippen LogP contribution in [-0.2, 0) is 4.74 Å². The molecule has 0 aromatic heterocycles. The lowest BCUT2D eigenvalue weighted by Crippen LogP contribution is -2.09. The number of ether oxygens (including phenoxy) is 1. The Morgan fingerprint density at radius 3 is 1.43 bits per heavy atom. The predicted octanol–water partition coefficient (Wildman–Crippen LogP) is 5.92. The van der Waals surface area contributed by atoms with E-state index in [4.69, 9.17) is 4.74 Å². The summed E-state index contributed by atoms with van der Waals surface area (Å²) in [5.41, 5.74) is 7.85. The fourth-order valence-electron chi connectivity index (χ4n) is 3.83. The maximum atomic E-state index is 6.42. The van der Waals surface area contributed by atoms with E-state index < -0.39 is 0 Å². The highest BCUT2D eigenvalue weighted by atomic mass is 16.5. The van der Waals surface area contributed by atoms with Crippen LogP contribution in [0.2, 0.25) is 0 Å². The van der Waals surface area contributed by atoms with E-state index in [-0.39, 0.29) is 0 Å². The summed E-state index contributed by atoms with van der Waals surface area (Å²) in [6, 6.07) is 16.9. The van der Waals surface area contributed by atoms with Crippen LogP contribution in [0.5, 0.6) is 0 Å². The van der Waals surface area contributed by atoms with Gasteiger partial charge in [0.15, 0.2) is 5.71 Å². The van der Waals surface area contributed by atoms with Gasteiger partial charge in [0.25, 0.3) is 0 Å². The predicted molar refractivity (Wildman–Crippen MR) is 150 cm³/mol. The van der Waals surface area contributed by atoms with Crippen molar-refractivity contribution in [1.29, 1.82) is 0 Å². The van der Waals surface area contributed by atoms with Gasteiger partial charge in [-0.2, -0.15) is 0 Å². The Balaban J connectivity index is 1.69. The summed E-state index contributed by atoms with van der Waals surface area (Å²) in [6.45, 7) is 0. The van der Waals surface area contributed by atoms with E-state index in [9.17, 15) is 0 Å². The summed E-state index contributed by atoms with van der Waals surface area (Å²) in [6.07, 6.45) is 17.1. The first kappa shape index (κ1) is 24.1. The van der Waals surface area contributed by atoms with E-state index in [1.807, 2.05) is 28.2 Å². The molecule has 4 rings (SSSR count). The molecular formula is C31H34N3O+. The van der Waals surface area contributed by atoms with Gasteiger partial charge in [-0.15, -0.1) is 0 Å². The number of anilines is 2. The van der Waals surface area contributed by atoms with E-state index >= 15 is 0 Å². The van der Waals surface area contributed by atoms with Crippen LogP contribution in [0.15, 0.2) is 108 Å². The fourth-order valence-corrected chi connectivity index (χ4v) is 3.83. The van der Waals surface area contributed by atoms with Gasteiger partial charge < -0.3 is 14.5 Å². The van der Waals surface area contributed by atoms with Crippen molar-refractivity contribution in [1.82, 2.24) is 0 Å². The second-order valence-electron chi connectivity index (χ2n) is 9.32. The molecule has 0 atom stereocenters. The highest BCUT2D eigenvalue weighted by Crippen LogP contribution is 2.33. The Labute approximate surface area is 209 Å². The van der Waals surface area contributed by atoms with Crippen LogP contribution in [0.1, 0.15) is 11.1 Å². The molecule has 0 radical (unpaired) electrons. The lowest BCUT2D eigenvalue weighted by atomic mass is 10.0. The number of rotatable bonds is 5. The van der Waals surface area contributed by atoms with Gasteiger partial charge in [-0.25, -0.2) is 4.58 Å². The quantitative estimate of drug-likeness (QED) is 0.512. The summed E-state index contributed by atoms with van der Waals surface area (Å²) >= 11 is 0. The number of allylic oxidation sites excluding steroid dienone is 10. The number of hydrogen-bond acceptors (Lipinski definition) is 3. The second-order valence-corrected chi connectivity index (χ2v) is 9.32. The third-order valence-electron chi connectivity index (χ3n) is 6.03. The van der Waals surface area contributed by atoms with Crippen LogP contribution in [0, 0.1) is 0 Å². The first-order chi connectivity index (χ1) is 16.8. The smallest absolute Gasteiger partial charge is 0.199 e. The van der Waals surface area contributed by atoms with Crippen molar-refractivity contribution < 1.29 is 9.31 Å². The van der Waals surface area contributed by atoms with Crippen molar-refractivity contribution >= 4 is 28.6 Å². The zero-order valence-electron chi connectivity index (χ0n) is 21.5. The van der Waals surface area contributed by atoms with Crippen molar-refractivity contribution in [2.75, 3.05) is 52.1 Å². The van der Waals surface area contributed by atoms with Gasteiger partial charge in [-0.05, 0) is 84.0 Å². The maximum absolute atomic E-state index is 6.42. The summed E-state index contributed by atoms with van der Waals surface area (Å²) < 4.78 is 8.52. The van der Waals surface area contributed by atoms with E-state index in [0.29, 0.717) is 0 Å². The van der Waals surface area contributed by atoms with Crippen molar-refractivity contribution in [2.45, 2.75) is 0 Å². The summed E-state index contributed by atoms with van der Waals surface area (Å²) in [7, 11) is 12.3. The molecule has 178 valence electrons. The van der Waals surface area contributed by atoms with Gasteiger partial charge in [0.2, 0.25) is 0 Å². The molecule has 0 fully saturated rings. The minimum absolute atomic E-state index is 0.840. The molecule has 4 heteroatoms. The second kappa shape index (κ2) is 10.5. The lowest BCUT2D eigenvalue weighted by Gasteiger charge is -2.20. The summed E-state index contributed by atoms with van der Waals surface area (Å²) in [5.74, 6) is 1.68. The molecule has 0 unspecified atom stereocenters. The van der Waals surface area contributed by atoms with Gasteiger partial charge in [0.05, 0.1) is 0 Å². The largest absolute Gasteiger partial charge is 0.456 e. The summed E-state index contributed by atoms with van der Waals surface area (Å²) in [4.78, 5) is 4.19. The highest BCUT2D eigenvalue weighted by molar-refractivity contribution is 6.02. The lowest BCUT2D eigenvalue weighted by molar-refractivity contribution is -0.462. The number of nitrogens with zero attached hydrogens (tertiary/aromatic N) is 3. The van der Waals surface area contributed by atoms with E-state index in [1.54, 1.807) is 0 Å². The van der Waals surface area contributed by atoms with E-state index in [2.05, 4.69) is 126 Å². The number of hydrogen-bond donors (Lipinski definition) is 0. The molecular weight excluding hydrogens is 430 g/mol. The zero-order valence-corrected chi connectivity index (χ0v) is 21.5. The molecule has 0 saturated heterocycles. The van der Waals surface area contributed by atoms with Gasteiger partial charge in [-0.1, -0.05) is 12.2 Å². The average Bonchev–Trinajstić information content (AvgIpc) is 2.87. The topological polar surface area (TPSA) is 18.7 Å². The number of benzene rings is 2. The molecule has 0 spiro atoms. The normalized spacial score (nSPS) is 14.7. The third-order valence-corrected chi connectivity index (χ3v) is 6.03. The molecule has 2 aliphatic rings. The van der Waals surface area contributed by atoms with Crippen LogP contribution in [0.4, 0.5) is 11.4 Å². The van der Waals surface area contributed by atoms with Crippen LogP contribution in [-0.4, -0.2) is 52.6 Å². The molecule has 0 saturated carbocycles. The molecule has 0 N–H and O–H groups in total. The average molecular weight is 465 g/mol. The monoisotopic (exact) mass is 464 g/mol. The molecule has 4 nitrogen and oxygen atoms in total. The molecule has 0 bridgehead atoms. The molecule has 35 heavy (non-hydrogen) atoms. The third kappa shape index (κ3) is 5.90. The maximum Gasteiger partial charge on any atom is 0.199 e. The highest BCUT2D eigenvalue weighted by Gasteiger charge is 2.15. The molecule has 1 aliphatic carbocycles. The van der Waals surface area contributed by atoms with Crippen LogP contribution >= 0.6 is 0 Å². The van der Waals surface area contributed by atoms with Crippen molar-refractivity contribution in [3.63, 3.8) is 0 Å². The SMILES string of the molecule is CN(C)c1ccc(C2=CC(=CC=C3C=CC(=[N+](C)C)C=C3)C=C(c3ccc(N(C)C)cc3)O2)cc1. The minimum atomic E-state index is 0.840. The first-order valence-corrected chi connectivity index (χ1v) is 11.8. The molecule has 1 heterocycles. The molecule has 2 aromatic rings. The van der Waals surface area contributed by atoms with Crippen LogP contribution < -0.4 is 9.80 Å². The van der Waals surface area contributed by atoms with Crippen LogP contribution in [0.3, 0.4) is 0 Å². The van der Waals surface area contributed by atoms with Gasteiger partial charge in [0.1, 0.15) is 25.6 Å². The fraction of sp³-hybridized carbons (Fsp3) is 0.194. The van der Waals surface area contributed by atoms with Gasteiger partial charge >= 0.3 is 0 Å². The first-order valence-electron chi connectivity index (χ1n) is 11.8. The molecule has 0 amide bonds.